The highest BCUT2D eigenvalue weighted by Gasteiger charge is 2.18. The van der Waals surface area contributed by atoms with Gasteiger partial charge in [0, 0.05) is 11.6 Å². The average molecular weight is 257 g/mol. The van der Waals surface area contributed by atoms with E-state index in [9.17, 15) is 0 Å². The predicted octanol–water partition coefficient (Wildman–Crippen LogP) is 3.95. The number of rotatable bonds is 2. The first-order chi connectivity index (χ1) is 8.82. The van der Waals surface area contributed by atoms with Crippen molar-refractivity contribution in [2.45, 2.75) is 47.6 Å². The van der Waals surface area contributed by atoms with E-state index in [0.29, 0.717) is 6.04 Å². The summed E-state index contributed by atoms with van der Waals surface area (Å²) in [6, 6.07) is 4.70. The van der Waals surface area contributed by atoms with Crippen LogP contribution in [0.15, 0.2) is 12.1 Å². The molecule has 1 aromatic heterocycles. The van der Waals surface area contributed by atoms with Gasteiger partial charge in [-0.25, -0.2) is 4.98 Å². The molecule has 2 rings (SSSR count). The average Bonchev–Trinajstić information content (AvgIpc) is 2.52. The summed E-state index contributed by atoms with van der Waals surface area (Å²) in [5, 5.41) is 0. The zero-order valence-corrected chi connectivity index (χ0v) is 12.7. The van der Waals surface area contributed by atoms with Crippen molar-refractivity contribution in [1.82, 2.24) is 9.55 Å². The second kappa shape index (κ2) is 4.72. The minimum atomic E-state index is 0.326. The Morgan fingerprint density at radius 1 is 1.05 bits per heavy atom. The molecule has 0 saturated heterocycles. The molecular weight excluding hydrogens is 234 g/mol. The highest BCUT2D eigenvalue weighted by Crippen LogP contribution is 2.33. The Morgan fingerprint density at radius 2 is 1.58 bits per heavy atom. The molecule has 0 saturated carbocycles. The molecule has 1 aromatic carbocycles. The van der Waals surface area contributed by atoms with Crippen molar-refractivity contribution < 1.29 is 0 Å². The molecule has 0 aliphatic heterocycles. The number of benzene rings is 1. The van der Waals surface area contributed by atoms with Gasteiger partial charge in [0.1, 0.15) is 17.3 Å². The smallest absolute Gasteiger partial charge is 0.131 e. The minimum absolute atomic E-state index is 0.326. The number of aromatic nitrogens is 2. The summed E-state index contributed by atoms with van der Waals surface area (Å²) in [7, 11) is 0. The van der Waals surface area contributed by atoms with Gasteiger partial charge >= 0.3 is 0 Å². The molecule has 0 aliphatic rings. The Morgan fingerprint density at radius 3 is 2.00 bits per heavy atom. The van der Waals surface area contributed by atoms with Crippen molar-refractivity contribution in [3.05, 3.63) is 34.6 Å². The Balaban J connectivity index is 2.70. The highest BCUT2D eigenvalue weighted by molar-refractivity contribution is 5.76. The Bertz CT molecular complexity index is 598. The third kappa shape index (κ3) is 2.25. The van der Waals surface area contributed by atoms with E-state index in [1.807, 2.05) is 6.92 Å². The second-order valence-corrected chi connectivity index (χ2v) is 5.63. The first-order valence-electron chi connectivity index (χ1n) is 6.75. The Kier molecular flexibility index (Phi) is 3.40. The fourth-order valence-electron chi connectivity index (χ4n) is 2.95. The molecule has 2 N–H and O–H groups in total. The van der Waals surface area contributed by atoms with E-state index in [-0.39, 0.29) is 0 Å². The van der Waals surface area contributed by atoms with Gasteiger partial charge in [-0.05, 0) is 52.7 Å². The number of anilines is 1. The maximum Gasteiger partial charge on any atom is 0.131 e. The number of hydrogen-bond donors (Lipinski definition) is 1. The molecule has 2 aromatic rings. The van der Waals surface area contributed by atoms with Gasteiger partial charge in [0.2, 0.25) is 0 Å². The van der Waals surface area contributed by atoms with Gasteiger partial charge in [0.15, 0.2) is 0 Å². The van der Waals surface area contributed by atoms with Gasteiger partial charge in [-0.15, -0.1) is 0 Å². The van der Waals surface area contributed by atoms with Crippen molar-refractivity contribution in [3.8, 4) is 11.3 Å². The summed E-state index contributed by atoms with van der Waals surface area (Å²) >= 11 is 0. The van der Waals surface area contributed by atoms with E-state index in [1.54, 1.807) is 0 Å². The third-order valence-corrected chi connectivity index (χ3v) is 3.55. The molecule has 0 unspecified atom stereocenters. The number of hydrogen-bond acceptors (Lipinski definition) is 2. The molecule has 19 heavy (non-hydrogen) atoms. The summed E-state index contributed by atoms with van der Waals surface area (Å²) in [6.45, 7) is 12.6. The SMILES string of the molecule is Cc1cc(C)c(-c2nc(C)n(C(C)C)c2N)c(C)c1. The molecule has 3 nitrogen and oxygen atoms in total. The molecule has 0 radical (unpaired) electrons. The fourth-order valence-corrected chi connectivity index (χ4v) is 2.95. The Labute approximate surface area is 115 Å². The Hall–Kier alpha value is -1.77. The normalized spacial score (nSPS) is 11.3. The number of imidazole rings is 1. The van der Waals surface area contributed by atoms with Crippen LogP contribution in [0.2, 0.25) is 0 Å². The molecule has 0 spiro atoms. The first-order valence-corrected chi connectivity index (χ1v) is 6.75. The molecule has 0 amide bonds. The summed E-state index contributed by atoms with van der Waals surface area (Å²) < 4.78 is 2.09. The van der Waals surface area contributed by atoms with Crippen molar-refractivity contribution >= 4 is 5.82 Å². The molecule has 1 heterocycles. The van der Waals surface area contributed by atoms with Crippen LogP contribution in [0.3, 0.4) is 0 Å². The molecule has 0 atom stereocenters. The number of nitrogens with two attached hydrogens (primary N) is 1. The van der Waals surface area contributed by atoms with Gasteiger partial charge in [-0.1, -0.05) is 17.7 Å². The minimum Gasteiger partial charge on any atom is -0.383 e. The lowest BCUT2D eigenvalue weighted by Gasteiger charge is -2.13. The van der Waals surface area contributed by atoms with Crippen molar-refractivity contribution in [3.63, 3.8) is 0 Å². The van der Waals surface area contributed by atoms with E-state index in [2.05, 4.69) is 51.3 Å². The lowest BCUT2D eigenvalue weighted by atomic mass is 9.97. The van der Waals surface area contributed by atoms with Crippen LogP contribution in [-0.2, 0) is 0 Å². The van der Waals surface area contributed by atoms with E-state index < -0.39 is 0 Å². The summed E-state index contributed by atoms with van der Waals surface area (Å²) in [5.74, 6) is 1.74. The standard InChI is InChI=1S/C16H23N3/c1-9(2)19-13(6)18-15(16(19)17)14-11(4)7-10(3)8-12(14)5/h7-9H,17H2,1-6H3. The maximum atomic E-state index is 6.31. The molecule has 102 valence electrons. The summed E-state index contributed by atoms with van der Waals surface area (Å²) in [6.07, 6.45) is 0. The van der Waals surface area contributed by atoms with Crippen molar-refractivity contribution in [2.24, 2.45) is 0 Å². The van der Waals surface area contributed by atoms with Crippen LogP contribution >= 0.6 is 0 Å². The topological polar surface area (TPSA) is 43.8 Å². The van der Waals surface area contributed by atoms with Gasteiger partial charge in [-0.3, -0.25) is 0 Å². The van der Waals surface area contributed by atoms with Crippen LogP contribution < -0.4 is 5.73 Å². The summed E-state index contributed by atoms with van der Waals surface area (Å²) in [4.78, 5) is 4.69. The first kappa shape index (κ1) is 13.7. The third-order valence-electron chi connectivity index (χ3n) is 3.55. The predicted molar refractivity (Wildman–Crippen MR) is 81.4 cm³/mol. The van der Waals surface area contributed by atoms with Crippen LogP contribution in [0.4, 0.5) is 5.82 Å². The summed E-state index contributed by atoms with van der Waals surface area (Å²) in [5.41, 5.74) is 12.1. The molecule has 0 fully saturated rings. The van der Waals surface area contributed by atoms with Crippen LogP contribution in [0, 0.1) is 27.7 Å². The maximum absolute atomic E-state index is 6.31. The lowest BCUT2D eigenvalue weighted by molar-refractivity contribution is 0.590. The van der Waals surface area contributed by atoms with Crippen molar-refractivity contribution in [2.75, 3.05) is 5.73 Å². The molecular formula is C16H23N3. The van der Waals surface area contributed by atoms with Crippen molar-refractivity contribution in [1.29, 1.82) is 0 Å². The zero-order chi connectivity index (χ0) is 14.3. The largest absolute Gasteiger partial charge is 0.383 e. The van der Waals surface area contributed by atoms with Gasteiger partial charge in [-0.2, -0.15) is 0 Å². The van der Waals surface area contributed by atoms with E-state index in [4.69, 9.17) is 10.7 Å². The molecule has 3 heteroatoms. The van der Waals surface area contributed by atoms with Gasteiger partial charge < -0.3 is 10.3 Å². The van der Waals surface area contributed by atoms with Gasteiger partial charge in [0.05, 0.1) is 0 Å². The van der Waals surface area contributed by atoms with E-state index in [0.717, 1.165) is 17.3 Å². The van der Waals surface area contributed by atoms with Crippen LogP contribution in [0.1, 0.15) is 42.4 Å². The van der Waals surface area contributed by atoms with Crippen LogP contribution in [0.25, 0.3) is 11.3 Å². The number of nitrogens with zero attached hydrogens (tertiary/aromatic N) is 2. The van der Waals surface area contributed by atoms with Gasteiger partial charge in [0.25, 0.3) is 0 Å². The lowest BCUT2D eigenvalue weighted by Crippen LogP contribution is -2.07. The van der Waals surface area contributed by atoms with Crippen LogP contribution in [0.5, 0.6) is 0 Å². The second-order valence-electron chi connectivity index (χ2n) is 5.63. The number of aryl methyl sites for hydroxylation is 4. The monoisotopic (exact) mass is 257 g/mol. The zero-order valence-electron chi connectivity index (χ0n) is 12.7. The fraction of sp³-hybridized carbons (Fsp3) is 0.438. The van der Waals surface area contributed by atoms with Crippen LogP contribution in [-0.4, -0.2) is 9.55 Å². The molecule has 0 bridgehead atoms. The highest BCUT2D eigenvalue weighted by atomic mass is 15.2. The molecule has 0 aliphatic carbocycles. The number of nitrogen functional groups attached to an aromatic ring is 1. The van der Waals surface area contributed by atoms with E-state index in [1.165, 1.54) is 22.3 Å². The van der Waals surface area contributed by atoms with E-state index >= 15 is 0 Å². The quantitative estimate of drug-likeness (QED) is 0.885.